The maximum absolute atomic E-state index is 5.95. The summed E-state index contributed by atoms with van der Waals surface area (Å²) in [4.78, 5) is 2.91. The molecule has 104 valence electrons. The largest absolute Gasteiger partial charge is 0.494 e. The zero-order valence-corrected chi connectivity index (χ0v) is 12.3. The van der Waals surface area contributed by atoms with E-state index in [1.54, 1.807) is 0 Å². The lowest BCUT2D eigenvalue weighted by Gasteiger charge is -2.27. The number of nitrogens with zero attached hydrogens (tertiary/aromatic N) is 1. The predicted molar refractivity (Wildman–Crippen MR) is 82.6 cm³/mol. The normalized spacial score (nSPS) is 17.3. The number of ether oxygens (including phenoxy) is 1. The van der Waals surface area contributed by atoms with E-state index in [4.69, 9.17) is 22.7 Å². The highest BCUT2D eigenvalue weighted by molar-refractivity contribution is 7.80. The number of hydrogen-bond acceptors (Lipinski definition) is 3. The van der Waals surface area contributed by atoms with Crippen molar-refractivity contribution in [2.24, 2.45) is 5.73 Å². The lowest BCUT2D eigenvalue weighted by molar-refractivity contribution is 0.300. The number of likely N-dealkylation sites (tertiary alicyclic amines) is 1. The molecule has 2 N–H and O–H groups in total. The molecule has 3 nitrogen and oxygen atoms in total. The third-order valence-electron chi connectivity index (χ3n) is 3.42. The van der Waals surface area contributed by atoms with Crippen LogP contribution in [-0.2, 0) is 0 Å². The Hall–Kier alpha value is -1.13. The summed E-state index contributed by atoms with van der Waals surface area (Å²) in [5.74, 6) is 0.903. The molecule has 0 bridgehead atoms. The molecule has 1 aliphatic rings. The van der Waals surface area contributed by atoms with Crippen molar-refractivity contribution in [2.75, 3.05) is 19.7 Å². The van der Waals surface area contributed by atoms with E-state index in [0.717, 1.165) is 37.4 Å². The second kappa shape index (κ2) is 6.87. The molecule has 1 saturated heterocycles. The summed E-state index contributed by atoms with van der Waals surface area (Å²) in [6.07, 6.45) is 3.46. The third kappa shape index (κ3) is 3.67. The highest BCUT2D eigenvalue weighted by Gasteiger charge is 2.25. The van der Waals surface area contributed by atoms with Crippen LogP contribution in [0, 0.1) is 0 Å². The summed E-state index contributed by atoms with van der Waals surface area (Å²) >= 11 is 5.26. The van der Waals surface area contributed by atoms with Crippen LogP contribution in [0.15, 0.2) is 24.3 Å². The molecular formula is C15H22N2OS. The maximum atomic E-state index is 5.95. The summed E-state index contributed by atoms with van der Waals surface area (Å²) in [5, 5.41) is 0. The molecule has 1 aliphatic heterocycles. The van der Waals surface area contributed by atoms with Crippen molar-refractivity contribution >= 4 is 17.2 Å². The zero-order valence-electron chi connectivity index (χ0n) is 11.5. The van der Waals surface area contributed by atoms with Crippen molar-refractivity contribution in [3.05, 3.63) is 29.8 Å². The van der Waals surface area contributed by atoms with Crippen molar-refractivity contribution in [1.82, 2.24) is 4.90 Å². The second-order valence-corrected chi connectivity index (χ2v) is 5.44. The van der Waals surface area contributed by atoms with Crippen molar-refractivity contribution in [3.8, 4) is 5.75 Å². The molecule has 0 spiro atoms. The van der Waals surface area contributed by atoms with Crippen molar-refractivity contribution in [2.45, 2.75) is 32.2 Å². The fourth-order valence-electron chi connectivity index (χ4n) is 2.55. The van der Waals surface area contributed by atoms with Gasteiger partial charge in [0.05, 0.1) is 17.6 Å². The fraction of sp³-hybridized carbons (Fsp3) is 0.533. The molecule has 1 aromatic carbocycles. The highest BCUT2D eigenvalue weighted by atomic mass is 32.1. The summed E-state index contributed by atoms with van der Waals surface area (Å²) < 4.78 is 5.69. The van der Waals surface area contributed by atoms with E-state index in [-0.39, 0.29) is 6.04 Å². The number of rotatable bonds is 6. The minimum atomic E-state index is 0.0441. The third-order valence-corrected chi connectivity index (χ3v) is 3.65. The number of nitrogens with two attached hydrogens (primary N) is 1. The first kappa shape index (κ1) is 14.3. The van der Waals surface area contributed by atoms with Crippen LogP contribution in [0.1, 0.15) is 37.8 Å². The Labute approximate surface area is 120 Å². The zero-order chi connectivity index (χ0) is 13.7. The average molecular weight is 278 g/mol. The quantitative estimate of drug-likeness (QED) is 0.812. The number of thiocarbonyl (C=S) groups is 1. The van der Waals surface area contributed by atoms with E-state index < -0.39 is 0 Å². The predicted octanol–water partition coefficient (Wildman–Crippen LogP) is 2.90. The topological polar surface area (TPSA) is 38.5 Å². The molecule has 1 heterocycles. The van der Waals surface area contributed by atoms with Crippen molar-refractivity contribution < 1.29 is 4.74 Å². The van der Waals surface area contributed by atoms with Gasteiger partial charge in [0.1, 0.15) is 5.75 Å². The summed E-state index contributed by atoms with van der Waals surface area (Å²) in [5.41, 5.74) is 7.09. The van der Waals surface area contributed by atoms with E-state index >= 15 is 0 Å². The fourth-order valence-corrected chi connectivity index (χ4v) is 2.83. The van der Waals surface area contributed by atoms with Crippen molar-refractivity contribution in [3.63, 3.8) is 0 Å². The molecule has 0 saturated carbocycles. The maximum Gasteiger partial charge on any atom is 0.119 e. The van der Waals surface area contributed by atoms with Gasteiger partial charge in [-0.1, -0.05) is 31.3 Å². The van der Waals surface area contributed by atoms with Gasteiger partial charge in [-0.15, -0.1) is 0 Å². The van der Waals surface area contributed by atoms with Crippen LogP contribution in [0.4, 0.5) is 0 Å². The molecule has 0 aliphatic carbocycles. The Morgan fingerprint density at radius 2 is 2.16 bits per heavy atom. The van der Waals surface area contributed by atoms with Gasteiger partial charge in [-0.25, -0.2) is 0 Å². The Kier molecular flexibility index (Phi) is 5.16. The molecule has 0 aromatic heterocycles. The molecule has 0 radical (unpaired) electrons. The van der Waals surface area contributed by atoms with Gasteiger partial charge >= 0.3 is 0 Å². The number of benzene rings is 1. The smallest absolute Gasteiger partial charge is 0.119 e. The molecular weight excluding hydrogens is 256 g/mol. The molecule has 4 heteroatoms. The summed E-state index contributed by atoms with van der Waals surface area (Å²) in [6, 6.07) is 8.20. The minimum Gasteiger partial charge on any atom is -0.494 e. The molecule has 1 fully saturated rings. The van der Waals surface area contributed by atoms with Gasteiger partial charge in [-0.05, 0) is 50.0 Å². The van der Waals surface area contributed by atoms with Gasteiger partial charge in [-0.3, -0.25) is 4.90 Å². The summed E-state index contributed by atoms with van der Waals surface area (Å²) in [6.45, 7) is 4.99. The Balaban J connectivity index is 2.18. The van der Waals surface area contributed by atoms with Crippen LogP contribution in [0.5, 0.6) is 5.75 Å². The van der Waals surface area contributed by atoms with Crippen LogP contribution < -0.4 is 10.5 Å². The van der Waals surface area contributed by atoms with Gasteiger partial charge in [0, 0.05) is 0 Å². The molecule has 2 rings (SSSR count). The summed E-state index contributed by atoms with van der Waals surface area (Å²) in [7, 11) is 0. The Bertz CT molecular complexity index is 430. The molecule has 0 amide bonds. The Morgan fingerprint density at radius 1 is 1.42 bits per heavy atom. The van der Waals surface area contributed by atoms with Crippen LogP contribution in [0.3, 0.4) is 0 Å². The average Bonchev–Trinajstić information content (AvgIpc) is 2.90. The van der Waals surface area contributed by atoms with Crippen molar-refractivity contribution in [1.29, 1.82) is 0 Å². The highest BCUT2D eigenvalue weighted by Crippen LogP contribution is 2.27. The van der Waals surface area contributed by atoms with Crippen LogP contribution in [0.2, 0.25) is 0 Å². The SMILES string of the molecule is CCCOc1cccc(C(C(N)=S)N2CCCC2)c1. The van der Waals surface area contributed by atoms with E-state index in [1.807, 2.05) is 12.1 Å². The first-order valence-electron chi connectivity index (χ1n) is 6.98. The van der Waals surface area contributed by atoms with E-state index in [0.29, 0.717) is 4.99 Å². The van der Waals surface area contributed by atoms with Gasteiger partial charge in [0.15, 0.2) is 0 Å². The molecule has 19 heavy (non-hydrogen) atoms. The molecule has 1 unspecified atom stereocenters. The minimum absolute atomic E-state index is 0.0441. The van der Waals surface area contributed by atoms with E-state index in [2.05, 4.69) is 24.0 Å². The first-order chi connectivity index (χ1) is 9.22. The lowest BCUT2D eigenvalue weighted by Crippen LogP contribution is -2.34. The van der Waals surface area contributed by atoms with E-state index in [1.165, 1.54) is 12.8 Å². The monoisotopic (exact) mass is 278 g/mol. The van der Waals surface area contributed by atoms with Crippen LogP contribution in [-0.4, -0.2) is 29.6 Å². The van der Waals surface area contributed by atoms with Gasteiger partial charge in [0.25, 0.3) is 0 Å². The first-order valence-corrected chi connectivity index (χ1v) is 7.39. The van der Waals surface area contributed by atoms with Gasteiger partial charge in [0.2, 0.25) is 0 Å². The number of hydrogen-bond donors (Lipinski definition) is 1. The lowest BCUT2D eigenvalue weighted by atomic mass is 10.1. The molecule has 1 atom stereocenters. The standard InChI is InChI=1S/C15H22N2OS/c1-2-10-18-13-7-5-6-12(11-13)14(15(16)19)17-8-3-4-9-17/h5-7,11,14H,2-4,8-10H2,1H3,(H2,16,19). The van der Waals surface area contributed by atoms with Gasteiger partial charge in [-0.2, -0.15) is 0 Å². The van der Waals surface area contributed by atoms with Crippen LogP contribution in [0.25, 0.3) is 0 Å². The van der Waals surface area contributed by atoms with Gasteiger partial charge < -0.3 is 10.5 Å². The Morgan fingerprint density at radius 3 is 2.79 bits per heavy atom. The second-order valence-electron chi connectivity index (χ2n) is 4.97. The van der Waals surface area contributed by atoms with E-state index in [9.17, 15) is 0 Å². The van der Waals surface area contributed by atoms with Crippen LogP contribution >= 0.6 is 12.2 Å². The molecule has 1 aromatic rings.